The van der Waals surface area contributed by atoms with E-state index in [-0.39, 0.29) is 16.0 Å². The molecule has 0 aliphatic rings. The van der Waals surface area contributed by atoms with Gasteiger partial charge >= 0.3 is 5.97 Å². The zero-order chi connectivity index (χ0) is 17.7. The molecule has 0 atom stereocenters. The predicted molar refractivity (Wildman–Crippen MR) is 86.4 cm³/mol. The first-order chi connectivity index (χ1) is 11.4. The summed E-state index contributed by atoms with van der Waals surface area (Å²) in [5, 5.41) is 0. The van der Waals surface area contributed by atoms with E-state index >= 15 is 0 Å². The van der Waals surface area contributed by atoms with Crippen molar-refractivity contribution in [2.75, 3.05) is 14.2 Å². The molecule has 0 amide bonds. The summed E-state index contributed by atoms with van der Waals surface area (Å²) in [6, 6.07) is 9.41. The number of sulfonamides is 1. The molecule has 0 spiro atoms. The van der Waals surface area contributed by atoms with E-state index in [0.717, 1.165) is 0 Å². The lowest BCUT2D eigenvalue weighted by Gasteiger charge is -2.07. The summed E-state index contributed by atoms with van der Waals surface area (Å²) < 4.78 is 43.9. The molecule has 0 heterocycles. The number of carbonyl (C=O) groups excluding carboxylic acids is 1. The van der Waals surface area contributed by atoms with Crippen molar-refractivity contribution in [1.29, 1.82) is 0 Å². The van der Waals surface area contributed by atoms with Gasteiger partial charge in [0.15, 0.2) is 0 Å². The molecule has 0 saturated carbocycles. The minimum Gasteiger partial charge on any atom is -0.465 e. The molecule has 124 valence electrons. The van der Waals surface area contributed by atoms with Gasteiger partial charge in [-0.3, -0.25) is 0 Å². The number of halogens is 1. The van der Waals surface area contributed by atoms with Gasteiger partial charge in [-0.1, -0.05) is 11.8 Å². The third-order valence-electron chi connectivity index (χ3n) is 3.14. The van der Waals surface area contributed by atoms with E-state index in [1.807, 2.05) is 0 Å². The summed E-state index contributed by atoms with van der Waals surface area (Å²) in [5.74, 6) is 4.46. The van der Waals surface area contributed by atoms with E-state index in [0.29, 0.717) is 5.56 Å². The number of esters is 1. The number of benzene rings is 2. The fraction of sp³-hybridized carbons (Fsp3) is 0.118. The number of methoxy groups -OCH3 is 1. The highest BCUT2D eigenvalue weighted by molar-refractivity contribution is 7.89. The molecule has 24 heavy (non-hydrogen) atoms. The molecule has 0 unspecified atom stereocenters. The first-order valence-corrected chi connectivity index (χ1v) is 8.29. The highest BCUT2D eigenvalue weighted by Crippen LogP contribution is 2.17. The van der Waals surface area contributed by atoms with Crippen LogP contribution in [0.15, 0.2) is 47.4 Å². The Labute approximate surface area is 139 Å². The minimum atomic E-state index is -3.75. The number of rotatable bonds is 3. The summed E-state index contributed by atoms with van der Waals surface area (Å²) in [5.41, 5.74) is 0.820. The van der Waals surface area contributed by atoms with Crippen molar-refractivity contribution in [1.82, 2.24) is 4.72 Å². The smallest absolute Gasteiger partial charge is 0.337 e. The second-order valence-electron chi connectivity index (χ2n) is 4.67. The Hall–Kier alpha value is -2.69. The van der Waals surface area contributed by atoms with Crippen LogP contribution in [0.25, 0.3) is 0 Å². The van der Waals surface area contributed by atoms with Crippen LogP contribution in [0.2, 0.25) is 0 Å². The first kappa shape index (κ1) is 17.7. The Bertz CT molecular complexity index is 925. The number of carbonyl (C=O) groups is 1. The van der Waals surface area contributed by atoms with Crippen molar-refractivity contribution in [2.24, 2.45) is 0 Å². The first-order valence-electron chi connectivity index (χ1n) is 6.81. The average molecular weight is 347 g/mol. The lowest BCUT2D eigenvalue weighted by Crippen LogP contribution is -2.20. The second kappa shape index (κ2) is 7.25. The average Bonchev–Trinajstić information content (AvgIpc) is 2.60. The van der Waals surface area contributed by atoms with Crippen molar-refractivity contribution < 1.29 is 22.3 Å². The van der Waals surface area contributed by atoms with Crippen molar-refractivity contribution in [3.8, 4) is 11.8 Å². The maximum Gasteiger partial charge on any atom is 0.337 e. The topological polar surface area (TPSA) is 72.5 Å². The molecule has 5 nitrogen and oxygen atoms in total. The maximum atomic E-state index is 12.9. The Morgan fingerprint density at radius 1 is 1.12 bits per heavy atom. The van der Waals surface area contributed by atoms with Crippen molar-refractivity contribution in [3.63, 3.8) is 0 Å². The SMILES string of the molecule is CNS(=O)(=O)c1ccc(C(=O)OC)cc1C#Cc1ccc(F)cc1. The number of hydrogen-bond donors (Lipinski definition) is 1. The third kappa shape index (κ3) is 3.98. The van der Waals surface area contributed by atoms with Crippen LogP contribution in [-0.4, -0.2) is 28.5 Å². The van der Waals surface area contributed by atoms with Gasteiger partial charge in [-0.25, -0.2) is 22.3 Å². The third-order valence-corrected chi connectivity index (χ3v) is 4.62. The fourth-order valence-electron chi connectivity index (χ4n) is 1.89. The summed E-state index contributed by atoms with van der Waals surface area (Å²) in [6.45, 7) is 0. The van der Waals surface area contributed by atoms with Crippen molar-refractivity contribution in [2.45, 2.75) is 4.90 Å². The molecular weight excluding hydrogens is 333 g/mol. The fourth-order valence-corrected chi connectivity index (χ4v) is 2.76. The molecule has 0 radical (unpaired) electrons. The standard InChI is InChI=1S/C17H14FNO4S/c1-19-24(21,22)16-10-7-14(17(20)23-2)11-13(16)6-3-12-4-8-15(18)9-5-12/h4-5,7-11,19H,1-2H3. The highest BCUT2D eigenvalue weighted by atomic mass is 32.2. The van der Waals surface area contributed by atoms with Crippen LogP contribution >= 0.6 is 0 Å². The summed E-state index contributed by atoms with van der Waals surface area (Å²) in [4.78, 5) is 11.6. The monoisotopic (exact) mass is 347 g/mol. The number of nitrogens with one attached hydrogen (secondary N) is 1. The van der Waals surface area contributed by atoms with E-state index in [4.69, 9.17) is 0 Å². The van der Waals surface area contributed by atoms with Crippen molar-refractivity contribution >= 4 is 16.0 Å². The van der Waals surface area contributed by atoms with E-state index in [1.165, 1.54) is 56.6 Å². The molecule has 0 aromatic heterocycles. The quantitative estimate of drug-likeness (QED) is 0.680. The number of ether oxygens (including phenoxy) is 1. The van der Waals surface area contributed by atoms with Gasteiger partial charge in [0.2, 0.25) is 10.0 Å². The lowest BCUT2D eigenvalue weighted by atomic mass is 10.1. The van der Waals surface area contributed by atoms with Crippen LogP contribution in [0.5, 0.6) is 0 Å². The Kier molecular flexibility index (Phi) is 5.34. The van der Waals surface area contributed by atoms with Gasteiger partial charge in [0, 0.05) is 11.1 Å². The van der Waals surface area contributed by atoms with Gasteiger partial charge in [-0.15, -0.1) is 0 Å². The van der Waals surface area contributed by atoms with Gasteiger partial charge in [0.05, 0.1) is 17.6 Å². The van der Waals surface area contributed by atoms with E-state index in [1.54, 1.807) is 0 Å². The largest absolute Gasteiger partial charge is 0.465 e. The molecule has 0 saturated heterocycles. The molecule has 0 fully saturated rings. The van der Waals surface area contributed by atoms with Crippen LogP contribution < -0.4 is 4.72 Å². The normalized spacial score (nSPS) is 10.6. The summed E-state index contributed by atoms with van der Waals surface area (Å²) in [7, 11) is -1.25. The Morgan fingerprint density at radius 3 is 2.38 bits per heavy atom. The molecule has 2 aromatic rings. The van der Waals surface area contributed by atoms with E-state index in [9.17, 15) is 17.6 Å². The molecule has 1 N–H and O–H groups in total. The Morgan fingerprint density at radius 2 is 1.79 bits per heavy atom. The van der Waals surface area contributed by atoms with Crippen LogP contribution in [0, 0.1) is 17.7 Å². The second-order valence-corrected chi connectivity index (χ2v) is 6.52. The number of hydrogen-bond acceptors (Lipinski definition) is 4. The molecule has 2 aromatic carbocycles. The molecule has 0 bridgehead atoms. The highest BCUT2D eigenvalue weighted by Gasteiger charge is 2.18. The van der Waals surface area contributed by atoms with Crippen LogP contribution in [0.4, 0.5) is 4.39 Å². The minimum absolute atomic E-state index is 0.0627. The van der Waals surface area contributed by atoms with Crippen LogP contribution in [0.3, 0.4) is 0 Å². The van der Waals surface area contributed by atoms with Gasteiger partial charge in [0.1, 0.15) is 5.82 Å². The van der Waals surface area contributed by atoms with Gasteiger partial charge in [0.25, 0.3) is 0 Å². The Balaban J connectivity index is 2.56. The molecule has 0 aliphatic heterocycles. The summed E-state index contributed by atoms with van der Waals surface area (Å²) in [6.07, 6.45) is 0. The maximum absolute atomic E-state index is 12.9. The van der Waals surface area contributed by atoms with Crippen LogP contribution in [0.1, 0.15) is 21.5 Å². The van der Waals surface area contributed by atoms with Gasteiger partial charge < -0.3 is 4.74 Å². The zero-order valence-electron chi connectivity index (χ0n) is 13.0. The molecular formula is C17H14FNO4S. The molecule has 2 rings (SSSR count). The molecule has 7 heteroatoms. The van der Waals surface area contributed by atoms with Gasteiger partial charge in [-0.05, 0) is 49.5 Å². The lowest BCUT2D eigenvalue weighted by molar-refractivity contribution is 0.0600. The van der Waals surface area contributed by atoms with Crippen molar-refractivity contribution in [3.05, 3.63) is 65.0 Å². The van der Waals surface area contributed by atoms with E-state index < -0.39 is 21.8 Å². The van der Waals surface area contributed by atoms with E-state index in [2.05, 4.69) is 21.3 Å². The van der Waals surface area contributed by atoms with Crippen LogP contribution in [-0.2, 0) is 14.8 Å². The zero-order valence-corrected chi connectivity index (χ0v) is 13.8. The predicted octanol–water partition coefficient (Wildman–Crippen LogP) is 1.92. The summed E-state index contributed by atoms with van der Waals surface area (Å²) >= 11 is 0. The van der Waals surface area contributed by atoms with Gasteiger partial charge in [-0.2, -0.15) is 0 Å². The molecule has 0 aliphatic carbocycles.